The summed E-state index contributed by atoms with van der Waals surface area (Å²) in [5.74, 6) is -0.807. The summed E-state index contributed by atoms with van der Waals surface area (Å²) in [6.07, 6.45) is 1.73. The van der Waals surface area contributed by atoms with Gasteiger partial charge >= 0.3 is 5.97 Å². The van der Waals surface area contributed by atoms with Crippen molar-refractivity contribution in [3.63, 3.8) is 0 Å². The second-order valence-electron chi connectivity index (χ2n) is 4.22. The summed E-state index contributed by atoms with van der Waals surface area (Å²) < 4.78 is 0. The van der Waals surface area contributed by atoms with E-state index < -0.39 is 5.97 Å². The standard InChI is InChI=1S/C14H19NO2/c1-4-8-15(10-14(16)17)9-13-11(2)6-5-7-12(13)3/h4-7H,1,8-10H2,2-3H3,(H,16,17). The Morgan fingerprint density at radius 1 is 1.41 bits per heavy atom. The number of carboxylic acids is 1. The number of benzene rings is 1. The summed E-state index contributed by atoms with van der Waals surface area (Å²) >= 11 is 0. The number of aryl methyl sites for hydroxylation is 2. The quantitative estimate of drug-likeness (QED) is 0.767. The van der Waals surface area contributed by atoms with E-state index in [2.05, 4.69) is 32.6 Å². The fourth-order valence-electron chi connectivity index (χ4n) is 1.88. The van der Waals surface area contributed by atoms with Gasteiger partial charge in [0, 0.05) is 13.1 Å². The maximum Gasteiger partial charge on any atom is 0.317 e. The van der Waals surface area contributed by atoms with Gasteiger partial charge in [0.1, 0.15) is 0 Å². The normalized spacial score (nSPS) is 10.5. The van der Waals surface area contributed by atoms with Crippen LogP contribution in [0.25, 0.3) is 0 Å². The van der Waals surface area contributed by atoms with Crippen molar-refractivity contribution < 1.29 is 9.90 Å². The molecular formula is C14H19NO2. The Balaban J connectivity index is 2.85. The molecule has 0 aliphatic rings. The molecule has 3 nitrogen and oxygen atoms in total. The predicted molar refractivity (Wildman–Crippen MR) is 69.0 cm³/mol. The van der Waals surface area contributed by atoms with E-state index in [4.69, 9.17) is 5.11 Å². The Hall–Kier alpha value is -1.61. The molecule has 1 rings (SSSR count). The molecule has 1 aromatic carbocycles. The molecule has 1 N–H and O–H groups in total. The van der Waals surface area contributed by atoms with E-state index in [1.165, 1.54) is 16.7 Å². The highest BCUT2D eigenvalue weighted by Gasteiger charge is 2.11. The highest BCUT2D eigenvalue weighted by Crippen LogP contribution is 2.15. The van der Waals surface area contributed by atoms with E-state index in [0.717, 1.165) is 0 Å². The Bertz CT molecular complexity index is 392. The summed E-state index contributed by atoms with van der Waals surface area (Å²) in [6.45, 7) is 9.04. The van der Waals surface area contributed by atoms with Gasteiger partial charge in [0.15, 0.2) is 0 Å². The highest BCUT2D eigenvalue weighted by molar-refractivity contribution is 5.69. The number of aliphatic carboxylic acids is 1. The molecule has 0 bridgehead atoms. The fourth-order valence-corrected chi connectivity index (χ4v) is 1.88. The minimum Gasteiger partial charge on any atom is -0.480 e. The van der Waals surface area contributed by atoms with E-state index >= 15 is 0 Å². The molecule has 0 spiro atoms. The van der Waals surface area contributed by atoms with Gasteiger partial charge in [-0.3, -0.25) is 9.69 Å². The van der Waals surface area contributed by atoms with E-state index in [1.807, 2.05) is 11.0 Å². The molecule has 17 heavy (non-hydrogen) atoms. The number of nitrogens with zero attached hydrogens (tertiary/aromatic N) is 1. The van der Waals surface area contributed by atoms with Crippen LogP contribution in [0.4, 0.5) is 0 Å². The first-order valence-electron chi connectivity index (χ1n) is 5.64. The zero-order valence-corrected chi connectivity index (χ0v) is 10.4. The monoisotopic (exact) mass is 233 g/mol. The van der Waals surface area contributed by atoms with Gasteiger partial charge in [0.25, 0.3) is 0 Å². The van der Waals surface area contributed by atoms with Gasteiger partial charge in [-0.15, -0.1) is 6.58 Å². The van der Waals surface area contributed by atoms with E-state index in [1.54, 1.807) is 6.08 Å². The minimum atomic E-state index is -0.807. The fraction of sp³-hybridized carbons (Fsp3) is 0.357. The minimum absolute atomic E-state index is 0.0415. The largest absolute Gasteiger partial charge is 0.480 e. The zero-order valence-electron chi connectivity index (χ0n) is 10.4. The molecule has 0 aromatic heterocycles. The van der Waals surface area contributed by atoms with Crippen LogP contribution < -0.4 is 0 Å². The van der Waals surface area contributed by atoms with Gasteiger partial charge in [-0.1, -0.05) is 24.3 Å². The third kappa shape index (κ3) is 4.04. The summed E-state index contributed by atoms with van der Waals surface area (Å²) in [5.41, 5.74) is 3.60. The molecule has 0 aliphatic heterocycles. The van der Waals surface area contributed by atoms with Crippen molar-refractivity contribution in [2.75, 3.05) is 13.1 Å². The lowest BCUT2D eigenvalue weighted by molar-refractivity contribution is -0.138. The maximum atomic E-state index is 10.8. The van der Waals surface area contributed by atoms with Crippen molar-refractivity contribution >= 4 is 5.97 Å². The van der Waals surface area contributed by atoms with Crippen molar-refractivity contribution in [1.29, 1.82) is 0 Å². The molecule has 0 radical (unpaired) electrons. The Kier molecular flexibility index (Phi) is 4.91. The smallest absolute Gasteiger partial charge is 0.317 e. The van der Waals surface area contributed by atoms with Crippen LogP contribution in [0, 0.1) is 13.8 Å². The lowest BCUT2D eigenvalue weighted by Gasteiger charge is -2.21. The number of carboxylic acid groups (broad SMARTS) is 1. The third-order valence-corrected chi connectivity index (χ3v) is 2.77. The van der Waals surface area contributed by atoms with Crippen molar-refractivity contribution in [1.82, 2.24) is 4.90 Å². The van der Waals surface area contributed by atoms with E-state index in [-0.39, 0.29) is 6.54 Å². The van der Waals surface area contributed by atoms with Gasteiger partial charge in [-0.25, -0.2) is 0 Å². The first kappa shape index (κ1) is 13.5. The molecule has 1 aromatic rings. The highest BCUT2D eigenvalue weighted by atomic mass is 16.4. The predicted octanol–water partition coefficient (Wildman–Crippen LogP) is 2.38. The molecule has 0 aliphatic carbocycles. The van der Waals surface area contributed by atoms with Crippen LogP contribution in [-0.4, -0.2) is 29.1 Å². The molecule has 0 fully saturated rings. The summed E-state index contributed by atoms with van der Waals surface area (Å²) in [4.78, 5) is 12.6. The van der Waals surface area contributed by atoms with Crippen molar-refractivity contribution in [2.45, 2.75) is 20.4 Å². The summed E-state index contributed by atoms with van der Waals surface area (Å²) in [5, 5.41) is 8.85. The Morgan fingerprint density at radius 3 is 2.47 bits per heavy atom. The van der Waals surface area contributed by atoms with Crippen LogP contribution in [0.3, 0.4) is 0 Å². The zero-order chi connectivity index (χ0) is 12.8. The molecule has 0 saturated carbocycles. The summed E-state index contributed by atoms with van der Waals surface area (Å²) in [7, 11) is 0. The summed E-state index contributed by atoms with van der Waals surface area (Å²) in [6, 6.07) is 6.12. The van der Waals surface area contributed by atoms with E-state index in [0.29, 0.717) is 13.1 Å². The lowest BCUT2D eigenvalue weighted by Crippen LogP contribution is -2.30. The average Bonchev–Trinajstić information content (AvgIpc) is 2.23. The van der Waals surface area contributed by atoms with Crippen LogP contribution in [0.1, 0.15) is 16.7 Å². The van der Waals surface area contributed by atoms with Crippen molar-refractivity contribution in [3.8, 4) is 0 Å². The molecule has 92 valence electrons. The number of hydrogen-bond donors (Lipinski definition) is 1. The van der Waals surface area contributed by atoms with Crippen LogP contribution in [0.5, 0.6) is 0 Å². The lowest BCUT2D eigenvalue weighted by atomic mass is 10.0. The average molecular weight is 233 g/mol. The van der Waals surface area contributed by atoms with Gasteiger partial charge in [0.05, 0.1) is 6.54 Å². The van der Waals surface area contributed by atoms with Crippen LogP contribution in [0.15, 0.2) is 30.9 Å². The number of hydrogen-bond acceptors (Lipinski definition) is 2. The first-order chi connectivity index (χ1) is 8.04. The van der Waals surface area contributed by atoms with Crippen LogP contribution >= 0.6 is 0 Å². The number of carbonyl (C=O) groups is 1. The second kappa shape index (κ2) is 6.21. The second-order valence-corrected chi connectivity index (χ2v) is 4.22. The molecule has 0 atom stereocenters. The Labute approximate surface area is 102 Å². The van der Waals surface area contributed by atoms with Gasteiger partial charge < -0.3 is 5.11 Å². The molecule has 0 saturated heterocycles. The molecule has 0 heterocycles. The first-order valence-corrected chi connectivity index (χ1v) is 5.64. The molecule has 0 amide bonds. The Morgan fingerprint density at radius 2 is 2.00 bits per heavy atom. The van der Waals surface area contributed by atoms with Crippen molar-refractivity contribution in [2.24, 2.45) is 0 Å². The maximum absolute atomic E-state index is 10.8. The van der Waals surface area contributed by atoms with Crippen LogP contribution in [0.2, 0.25) is 0 Å². The van der Waals surface area contributed by atoms with Crippen LogP contribution in [-0.2, 0) is 11.3 Å². The van der Waals surface area contributed by atoms with Crippen molar-refractivity contribution in [3.05, 3.63) is 47.5 Å². The molecule has 0 unspecified atom stereocenters. The molecular weight excluding hydrogens is 214 g/mol. The van der Waals surface area contributed by atoms with Gasteiger partial charge in [-0.2, -0.15) is 0 Å². The topological polar surface area (TPSA) is 40.5 Å². The SMILES string of the molecule is C=CCN(CC(=O)O)Cc1c(C)cccc1C. The molecule has 3 heteroatoms. The number of rotatable bonds is 6. The van der Waals surface area contributed by atoms with Gasteiger partial charge in [0.2, 0.25) is 0 Å². The van der Waals surface area contributed by atoms with E-state index in [9.17, 15) is 4.79 Å². The van der Waals surface area contributed by atoms with Gasteiger partial charge in [-0.05, 0) is 30.5 Å². The third-order valence-electron chi connectivity index (χ3n) is 2.77.